The van der Waals surface area contributed by atoms with Crippen molar-refractivity contribution >= 4 is 17.8 Å². The molecule has 0 radical (unpaired) electrons. The van der Waals surface area contributed by atoms with Crippen LogP contribution in [0.5, 0.6) is 0 Å². The third-order valence-electron chi connectivity index (χ3n) is 4.40. The van der Waals surface area contributed by atoms with E-state index in [0.29, 0.717) is 11.1 Å². The van der Waals surface area contributed by atoms with E-state index in [-0.39, 0.29) is 29.6 Å². The molecule has 27 heavy (non-hydrogen) atoms. The summed E-state index contributed by atoms with van der Waals surface area (Å²) in [5.41, 5.74) is 2.17. The number of aliphatic imine (C=N–C) groups is 1. The smallest absolute Gasteiger partial charge is 0.257 e. The van der Waals surface area contributed by atoms with Crippen molar-refractivity contribution in [3.8, 4) is 0 Å². The minimum atomic E-state index is -0.534. The van der Waals surface area contributed by atoms with Crippen molar-refractivity contribution in [1.29, 1.82) is 0 Å². The Hall–Kier alpha value is -3.02. The third kappa shape index (κ3) is 4.58. The molecule has 140 valence electrons. The van der Waals surface area contributed by atoms with Gasteiger partial charge in [-0.25, -0.2) is 9.38 Å². The van der Waals surface area contributed by atoms with E-state index >= 15 is 0 Å². The average Bonchev–Trinajstić information content (AvgIpc) is 2.60. The van der Waals surface area contributed by atoms with Gasteiger partial charge < -0.3 is 0 Å². The van der Waals surface area contributed by atoms with Crippen LogP contribution in [-0.4, -0.2) is 17.8 Å². The zero-order chi connectivity index (χ0) is 19.6. The molecule has 1 aliphatic heterocycles. The van der Waals surface area contributed by atoms with Gasteiger partial charge in [0.2, 0.25) is 11.9 Å². The molecule has 5 nitrogen and oxygen atoms in total. The van der Waals surface area contributed by atoms with Gasteiger partial charge in [0.05, 0.1) is 12.5 Å². The van der Waals surface area contributed by atoms with Crippen molar-refractivity contribution in [2.45, 2.75) is 38.6 Å². The second kappa shape index (κ2) is 7.31. The lowest BCUT2D eigenvalue weighted by Crippen LogP contribution is -2.47. The van der Waals surface area contributed by atoms with E-state index in [1.54, 1.807) is 24.3 Å². The largest absolute Gasteiger partial charge is 0.296 e. The normalized spacial score (nSPS) is 17.1. The van der Waals surface area contributed by atoms with Crippen LogP contribution in [-0.2, 0) is 10.2 Å². The Morgan fingerprint density at radius 1 is 1.19 bits per heavy atom. The van der Waals surface area contributed by atoms with E-state index in [2.05, 4.69) is 36.4 Å². The number of benzene rings is 2. The van der Waals surface area contributed by atoms with E-state index < -0.39 is 11.9 Å². The number of amides is 2. The van der Waals surface area contributed by atoms with E-state index in [4.69, 9.17) is 0 Å². The zero-order valence-corrected chi connectivity index (χ0v) is 15.5. The van der Waals surface area contributed by atoms with E-state index in [0.717, 1.165) is 5.56 Å². The van der Waals surface area contributed by atoms with Gasteiger partial charge in [0.15, 0.2) is 0 Å². The standard InChI is InChI=1S/C21H22FN3O2/c1-21(2,3)15-9-7-13(8-10-15)19(27)25-20-23-17(12-18(26)24-20)14-5-4-6-16(22)11-14/h4-11,17H,12H2,1-3H3,(H2,23,24,25,26,27)/t17-/m1/s1. The lowest BCUT2D eigenvalue weighted by Gasteiger charge is -2.22. The Morgan fingerprint density at radius 3 is 2.52 bits per heavy atom. The van der Waals surface area contributed by atoms with Gasteiger partial charge in [-0.15, -0.1) is 0 Å². The number of guanidine groups is 1. The van der Waals surface area contributed by atoms with E-state index in [9.17, 15) is 14.0 Å². The Morgan fingerprint density at radius 2 is 1.89 bits per heavy atom. The maximum Gasteiger partial charge on any atom is 0.257 e. The number of rotatable bonds is 2. The first-order valence-electron chi connectivity index (χ1n) is 8.77. The summed E-state index contributed by atoms with van der Waals surface area (Å²) in [5.74, 6) is -0.962. The number of nitrogens with one attached hydrogen (secondary N) is 2. The van der Waals surface area contributed by atoms with Crippen molar-refractivity contribution in [1.82, 2.24) is 10.6 Å². The predicted molar refractivity (Wildman–Crippen MR) is 102 cm³/mol. The Labute approximate surface area is 157 Å². The molecule has 0 fully saturated rings. The van der Waals surface area contributed by atoms with Gasteiger partial charge in [-0.3, -0.25) is 20.2 Å². The molecule has 0 bridgehead atoms. The van der Waals surface area contributed by atoms with Crippen LogP contribution in [0.2, 0.25) is 0 Å². The number of hydrogen-bond acceptors (Lipinski definition) is 3. The highest BCUT2D eigenvalue weighted by molar-refractivity contribution is 6.10. The first kappa shape index (κ1) is 18.8. The summed E-state index contributed by atoms with van der Waals surface area (Å²) in [4.78, 5) is 28.8. The quantitative estimate of drug-likeness (QED) is 0.853. The number of carbonyl (C=O) groups is 2. The van der Waals surface area contributed by atoms with Crippen molar-refractivity contribution < 1.29 is 14.0 Å². The van der Waals surface area contributed by atoms with Crippen molar-refractivity contribution in [3.63, 3.8) is 0 Å². The Balaban J connectivity index is 1.77. The molecule has 1 heterocycles. The fraction of sp³-hybridized carbons (Fsp3) is 0.286. The summed E-state index contributed by atoms with van der Waals surface area (Å²) in [7, 11) is 0. The minimum Gasteiger partial charge on any atom is -0.296 e. The molecule has 2 N–H and O–H groups in total. The number of hydrogen-bond donors (Lipinski definition) is 2. The molecule has 0 aliphatic carbocycles. The highest BCUT2D eigenvalue weighted by Gasteiger charge is 2.24. The van der Waals surface area contributed by atoms with Crippen LogP contribution in [0, 0.1) is 5.82 Å². The summed E-state index contributed by atoms with van der Waals surface area (Å²) in [6.07, 6.45) is 0.100. The Kier molecular flexibility index (Phi) is 5.08. The molecular formula is C21H22FN3O2. The summed E-state index contributed by atoms with van der Waals surface area (Å²) in [6.45, 7) is 6.29. The molecule has 0 unspecified atom stereocenters. The lowest BCUT2D eigenvalue weighted by atomic mass is 9.87. The first-order chi connectivity index (χ1) is 12.7. The van der Waals surface area contributed by atoms with Gasteiger partial charge in [-0.1, -0.05) is 45.0 Å². The van der Waals surface area contributed by atoms with Crippen LogP contribution >= 0.6 is 0 Å². The molecule has 6 heteroatoms. The number of carbonyl (C=O) groups excluding carboxylic acids is 2. The number of halogens is 1. The van der Waals surface area contributed by atoms with E-state index in [1.807, 2.05) is 12.1 Å². The minimum absolute atomic E-state index is 0.00534. The summed E-state index contributed by atoms with van der Waals surface area (Å²) in [5, 5.41) is 5.18. The molecule has 2 aromatic rings. The fourth-order valence-corrected chi connectivity index (χ4v) is 2.86. The molecular weight excluding hydrogens is 345 g/mol. The van der Waals surface area contributed by atoms with Crippen LogP contribution in [0.15, 0.2) is 53.5 Å². The highest BCUT2D eigenvalue weighted by Crippen LogP contribution is 2.24. The average molecular weight is 367 g/mol. The van der Waals surface area contributed by atoms with Gasteiger partial charge in [0.1, 0.15) is 5.82 Å². The first-order valence-corrected chi connectivity index (χ1v) is 8.77. The van der Waals surface area contributed by atoms with E-state index in [1.165, 1.54) is 12.1 Å². The molecule has 1 atom stereocenters. The van der Waals surface area contributed by atoms with Crippen LogP contribution in [0.1, 0.15) is 54.7 Å². The summed E-state index contributed by atoms with van der Waals surface area (Å²) in [6, 6.07) is 12.7. The highest BCUT2D eigenvalue weighted by atomic mass is 19.1. The fourth-order valence-electron chi connectivity index (χ4n) is 2.86. The van der Waals surface area contributed by atoms with Crippen molar-refractivity contribution in [3.05, 3.63) is 71.0 Å². The van der Waals surface area contributed by atoms with Crippen LogP contribution in [0.4, 0.5) is 4.39 Å². The molecule has 1 aliphatic rings. The molecule has 0 saturated carbocycles. The molecule has 2 amide bonds. The maximum atomic E-state index is 13.4. The molecule has 0 aromatic heterocycles. The van der Waals surface area contributed by atoms with Crippen LogP contribution in [0.3, 0.4) is 0 Å². The Bertz CT molecular complexity index is 898. The van der Waals surface area contributed by atoms with Gasteiger partial charge >= 0.3 is 0 Å². The maximum absolute atomic E-state index is 13.4. The zero-order valence-electron chi connectivity index (χ0n) is 15.5. The number of nitrogens with zero attached hydrogens (tertiary/aromatic N) is 1. The molecule has 0 saturated heterocycles. The van der Waals surface area contributed by atoms with Crippen molar-refractivity contribution in [2.75, 3.05) is 0 Å². The van der Waals surface area contributed by atoms with Gasteiger partial charge in [-0.05, 0) is 40.8 Å². The van der Waals surface area contributed by atoms with Gasteiger partial charge in [0, 0.05) is 5.56 Å². The van der Waals surface area contributed by atoms with Crippen LogP contribution in [0.25, 0.3) is 0 Å². The summed E-state index contributed by atoms with van der Waals surface area (Å²) >= 11 is 0. The third-order valence-corrected chi connectivity index (χ3v) is 4.40. The van der Waals surface area contributed by atoms with Gasteiger partial charge in [-0.2, -0.15) is 0 Å². The monoisotopic (exact) mass is 367 g/mol. The lowest BCUT2D eigenvalue weighted by molar-refractivity contribution is -0.120. The van der Waals surface area contributed by atoms with Gasteiger partial charge in [0.25, 0.3) is 5.91 Å². The topological polar surface area (TPSA) is 70.6 Å². The van der Waals surface area contributed by atoms with Crippen LogP contribution < -0.4 is 10.6 Å². The second-order valence-electron chi connectivity index (χ2n) is 7.58. The molecule has 0 spiro atoms. The summed E-state index contributed by atoms with van der Waals surface area (Å²) < 4.78 is 13.4. The molecule has 3 rings (SSSR count). The van der Waals surface area contributed by atoms with Crippen molar-refractivity contribution in [2.24, 2.45) is 4.99 Å². The predicted octanol–water partition coefficient (Wildman–Crippen LogP) is 3.47. The SMILES string of the molecule is CC(C)(C)c1ccc(C(=O)NC2=N[C@@H](c3cccc(F)c3)CC(=O)N2)cc1. The second-order valence-corrected chi connectivity index (χ2v) is 7.58. The molecule has 2 aromatic carbocycles.